The van der Waals surface area contributed by atoms with Gasteiger partial charge < -0.3 is 9.84 Å². The fourth-order valence-corrected chi connectivity index (χ4v) is 2.80. The average molecular weight is 368 g/mol. The number of alkyl halides is 3. The SMILES string of the molecule is O=C(CC(F)(F)F)OC(SC(=O)O)C(=O)SCc1ccccc1. The molecule has 0 amide bonds. The van der Waals surface area contributed by atoms with E-state index in [1.807, 2.05) is 0 Å². The number of benzene rings is 1. The summed E-state index contributed by atoms with van der Waals surface area (Å²) in [6.45, 7) is 0. The predicted molar refractivity (Wildman–Crippen MR) is 78.9 cm³/mol. The lowest BCUT2D eigenvalue weighted by Gasteiger charge is -2.14. The van der Waals surface area contributed by atoms with E-state index < -0.39 is 34.4 Å². The van der Waals surface area contributed by atoms with E-state index in [2.05, 4.69) is 4.74 Å². The molecule has 23 heavy (non-hydrogen) atoms. The number of carbonyl (C=O) groups excluding carboxylic acids is 2. The van der Waals surface area contributed by atoms with Crippen molar-refractivity contribution in [1.82, 2.24) is 0 Å². The molecule has 0 aromatic heterocycles. The van der Waals surface area contributed by atoms with Gasteiger partial charge in [0.1, 0.15) is 6.42 Å². The third-order valence-corrected chi connectivity index (χ3v) is 4.06. The molecule has 0 bridgehead atoms. The van der Waals surface area contributed by atoms with Crippen LogP contribution in [0, 0.1) is 0 Å². The van der Waals surface area contributed by atoms with Crippen LogP contribution >= 0.6 is 23.5 Å². The first kappa shape index (κ1) is 19.4. The van der Waals surface area contributed by atoms with Crippen LogP contribution in [0.25, 0.3) is 0 Å². The molecule has 0 saturated carbocycles. The molecule has 0 saturated heterocycles. The van der Waals surface area contributed by atoms with Gasteiger partial charge in [0.25, 0.3) is 0 Å². The van der Waals surface area contributed by atoms with Crippen LogP contribution in [0.1, 0.15) is 12.0 Å². The van der Waals surface area contributed by atoms with Gasteiger partial charge in [0.2, 0.25) is 10.6 Å². The second kappa shape index (κ2) is 8.82. The van der Waals surface area contributed by atoms with Gasteiger partial charge in [-0.1, -0.05) is 42.1 Å². The van der Waals surface area contributed by atoms with Crippen LogP contribution in [-0.2, 0) is 20.1 Å². The number of rotatable bonds is 6. The van der Waals surface area contributed by atoms with E-state index in [-0.39, 0.29) is 17.5 Å². The molecule has 1 aromatic rings. The molecule has 1 unspecified atom stereocenters. The van der Waals surface area contributed by atoms with Gasteiger partial charge in [0.15, 0.2) is 0 Å². The van der Waals surface area contributed by atoms with Crippen molar-refractivity contribution < 1.29 is 37.4 Å². The molecule has 0 aliphatic heterocycles. The molecule has 1 rings (SSSR count). The van der Waals surface area contributed by atoms with E-state index in [4.69, 9.17) is 5.11 Å². The van der Waals surface area contributed by atoms with Crippen molar-refractivity contribution in [2.45, 2.75) is 23.8 Å². The molecule has 0 heterocycles. The first-order valence-electron chi connectivity index (χ1n) is 6.04. The van der Waals surface area contributed by atoms with Crippen LogP contribution < -0.4 is 0 Å². The predicted octanol–water partition coefficient (Wildman–Crippen LogP) is 3.68. The van der Waals surface area contributed by atoms with Crippen molar-refractivity contribution in [3.05, 3.63) is 35.9 Å². The Morgan fingerprint density at radius 3 is 2.30 bits per heavy atom. The minimum atomic E-state index is -4.80. The number of hydrogen-bond donors (Lipinski definition) is 1. The van der Waals surface area contributed by atoms with E-state index in [1.54, 1.807) is 30.3 Å². The number of halogens is 3. The Hall–Kier alpha value is -1.68. The molecule has 0 radical (unpaired) electrons. The molecule has 1 atom stereocenters. The molecular formula is C13H11F3O5S2. The van der Waals surface area contributed by atoms with Gasteiger partial charge in [-0.05, 0) is 5.56 Å². The van der Waals surface area contributed by atoms with Gasteiger partial charge >= 0.3 is 17.4 Å². The highest BCUT2D eigenvalue weighted by Crippen LogP contribution is 2.26. The second-order valence-electron chi connectivity index (χ2n) is 4.09. The fourth-order valence-electron chi connectivity index (χ4n) is 1.33. The highest BCUT2D eigenvalue weighted by atomic mass is 32.2. The highest BCUT2D eigenvalue weighted by molar-refractivity contribution is 8.19. The Bertz CT molecular complexity index is 562. The Morgan fingerprint density at radius 1 is 1.17 bits per heavy atom. The van der Waals surface area contributed by atoms with Gasteiger partial charge in [0.05, 0.1) is 0 Å². The number of thioether (sulfide) groups is 2. The van der Waals surface area contributed by atoms with Gasteiger partial charge in [-0.15, -0.1) is 0 Å². The maximum absolute atomic E-state index is 12.1. The van der Waals surface area contributed by atoms with E-state index in [0.717, 1.165) is 5.56 Å². The van der Waals surface area contributed by atoms with Crippen LogP contribution in [0.3, 0.4) is 0 Å². The molecule has 5 nitrogen and oxygen atoms in total. The van der Waals surface area contributed by atoms with Crippen molar-refractivity contribution in [2.24, 2.45) is 0 Å². The Balaban J connectivity index is 2.63. The maximum Gasteiger partial charge on any atom is 0.399 e. The molecule has 0 aliphatic rings. The summed E-state index contributed by atoms with van der Waals surface area (Å²) in [4.78, 5) is 33.6. The maximum atomic E-state index is 12.1. The first-order valence-corrected chi connectivity index (χ1v) is 7.90. The van der Waals surface area contributed by atoms with Crippen molar-refractivity contribution in [3.8, 4) is 0 Å². The van der Waals surface area contributed by atoms with Gasteiger partial charge in [-0.2, -0.15) is 13.2 Å². The number of carboxylic acid groups (broad SMARTS) is 1. The molecule has 1 aromatic carbocycles. The Labute approximate surface area is 137 Å². The summed E-state index contributed by atoms with van der Waals surface area (Å²) in [5.74, 6) is -1.53. The lowest BCUT2D eigenvalue weighted by atomic mass is 10.2. The van der Waals surface area contributed by atoms with Crippen molar-refractivity contribution in [3.63, 3.8) is 0 Å². The minimum Gasteiger partial charge on any atom is -0.473 e. The zero-order valence-electron chi connectivity index (χ0n) is 11.4. The van der Waals surface area contributed by atoms with E-state index >= 15 is 0 Å². The zero-order valence-corrected chi connectivity index (χ0v) is 13.0. The van der Waals surface area contributed by atoms with Gasteiger partial charge in [0, 0.05) is 17.5 Å². The van der Waals surface area contributed by atoms with E-state index in [0.29, 0.717) is 11.8 Å². The molecule has 10 heteroatoms. The monoisotopic (exact) mass is 368 g/mol. The smallest absolute Gasteiger partial charge is 0.399 e. The normalized spacial score (nSPS) is 12.5. The van der Waals surface area contributed by atoms with Crippen LogP contribution in [-0.4, -0.2) is 33.1 Å². The topological polar surface area (TPSA) is 80.7 Å². The summed E-state index contributed by atoms with van der Waals surface area (Å²) in [6, 6.07) is 8.66. The lowest BCUT2D eigenvalue weighted by molar-refractivity contribution is -0.173. The summed E-state index contributed by atoms with van der Waals surface area (Å²) in [5.41, 5.74) is -1.08. The molecule has 1 N–H and O–H groups in total. The standard InChI is InChI=1S/C13H11F3O5S2/c14-13(15,16)6-9(17)21-11(23-12(19)20)10(18)22-7-8-4-2-1-3-5-8/h1-5,11H,6-7H2,(H,19,20). The van der Waals surface area contributed by atoms with Crippen molar-refractivity contribution in [2.75, 3.05) is 0 Å². The highest BCUT2D eigenvalue weighted by Gasteiger charge is 2.35. The molecule has 0 fully saturated rings. The quantitative estimate of drug-likeness (QED) is 0.606. The van der Waals surface area contributed by atoms with E-state index in [1.165, 1.54) is 0 Å². The summed E-state index contributed by atoms with van der Waals surface area (Å²) >= 11 is 0.591. The summed E-state index contributed by atoms with van der Waals surface area (Å²) in [6.07, 6.45) is -6.68. The van der Waals surface area contributed by atoms with Crippen molar-refractivity contribution in [1.29, 1.82) is 0 Å². The summed E-state index contributed by atoms with van der Waals surface area (Å²) in [5, 5.41) is 6.26. The van der Waals surface area contributed by atoms with Crippen LogP contribution in [0.4, 0.5) is 18.0 Å². The summed E-state index contributed by atoms with van der Waals surface area (Å²) < 4.78 is 40.6. The number of ether oxygens (including phenoxy) is 1. The van der Waals surface area contributed by atoms with Crippen LogP contribution in [0.5, 0.6) is 0 Å². The number of carbonyl (C=O) groups is 3. The fraction of sp³-hybridized carbons (Fsp3) is 0.308. The molecule has 0 aliphatic carbocycles. The average Bonchev–Trinajstić information content (AvgIpc) is 2.42. The van der Waals surface area contributed by atoms with Crippen molar-refractivity contribution >= 4 is 39.9 Å². The Morgan fingerprint density at radius 2 is 1.78 bits per heavy atom. The number of hydrogen-bond acceptors (Lipinski definition) is 6. The van der Waals surface area contributed by atoms with Crippen LogP contribution in [0.15, 0.2) is 30.3 Å². The van der Waals surface area contributed by atoms with Gasteiger partial charge in [-0.25, -0.2) is 4.79 Å². The van der Waals surface area contributed by atoms with Gasteiger partial charge in [-0.3, -0.25) is 9.59 Å². The second-order valence-corrected chi connectivity index (χ2v) is 6.08. The zero-order chi connectivity index (χ0) is 17.5. The largest absolute Gasteiger partial charge is 0.473 e. The molecular weight excluding hydrogens is 357 g/mol. The third kappa shape index (κ3) is 8.50. The number of esters is 1. The lowest BCUT2D eigenvalue weighted by Crippen LogP contribution is -2.26. The van der Waals surface area contributed by atoms with Crippen LogP contribution in [0.2, 0.25) is 0 Å². The third-order valence-electron chi connectivity index (χ3n) is 2.21. The Kier molecular flexibility index (Phi) is 7.43. The molecule has 126 valence electrons. The molecule has 0 spiro atoms. The summed E-state index contributed by atoms with van der Waals surface area (Å²) in [7, 11) is 0. The minimum absolute atomic E-state index is 0.0670. The van der Waals surface area contributed by atoms with E-state index in [9.17, 15) is 27.6 Å². The first-order chi connectivity index (χ1) is 10.7.